The minimum absolute atomic E-state index is 0.833. The molecule has 2 aromatic carbocycles. The average Bonchev–Trinajstić information content (AvgIpc) is 2.55. The first kappa shape index (κ1) is 13.8. The van der Waals surface area contributed by atoms with Gasteiger partial charge in [0.1, 0.15) is 0 Å². The van der Waals surface area contributed by atoms with Crippen LogP contribution in [-0.2, 0) is 13.0 Å². The fourth-order valence-electron chi connectivity index (χ4n) is 2.49. The summed E-state index contributed by atoms with van der Waals surface area (Å²) in [5.74, 6) is 0. The summed E-state index contributed by atoms with van der Waals surface area (Å²) in [4.78, 5) is 4.67. The van der Waals surface area contributed by atoms with Crippen LogP contribution in [0.5, 0.6) is 0 Å². The van der Waals surface area contributed by atoms with E-state index < -0.39 is 0 Å². The fraction of sp³-hybridized carbons (Fsp3) is 0.211. The van der Waals surface area contributed by atoms with E-state index in [0.29, 0.717) is 0 Å². The molecule has 0 spiro atoms. The van der Waals surface area contributed by atoms with Crippen LogP contribution in [0.4, 0.5) is 0 Å². The Labute approximate surface area is 125 Å². The summed E-state index contributed by atoms with van der Waals surface area (Å²) in [6.07, 6.45) is 2.27. The molecule has 0 atom stereocenters. The second kappa shape index (κ2) is 7.00. The predicted octanol–water partition coefficient (Wildman–Crippen LogP) is 3.96. The zero-order chi connectivity index (χ0) is 14.3. The highest BCUT2D eigenvalue weighted by molar-refractivity contribution is 5.78. The molecule has 1 N–H and O–H groups in total. The molecule has 0 bridgehead atoms. The molecular formula is C19H20N2. The summed E-state index contributed by atoms with van der Waals surface area (Å²) >= 11 is 0. The number of hydrogen-bond donors (Lipinski definition) is 1. The Morgan fingerprint density at radius 1 is 0.810 bits per heavy atom. The van der Waals surface area contributed by atoms with Crippen molar-refractivity contribution >= 4 is 10.9 Å². The molecule has 1 heterocycles. The van der Waals surface area contributed by atoms with E-state index in [9.17, 15) is 0 Å². The van der Waals surface area contributed by atoms with Crippen LogP contribution in [-0.4, -0.2) is 11.5 Å². The minimum Gasteiger partial charge on any atom is -0.311 e. The molecule has 0 aliphatic carbocycles. The number of fused-ring (bicyclic) bond motifs is 1. The Kier molecular flexibility index (Phi) is 4.59. The number of aromatic nitrogens is 1. The molecule has 21 heavy (non-hydrogen) atoms. The van der Waals surface area contributed by atoms with Crippen LogP contribution in [0.25, 0.3) is 10.9 Å². The van der Waals surface area contributed by atoms with Gasteiger partial charge in [-0.05, 0) is 37.1 Å². The fourth-order valence-corrected chi connectivity index (χ4v) is 2.49. The normalized spacial score (nSPS) is 10.9. The molecule has 2 nitrogen and oxygen atoms in total. The average molecular weight is 276 g/mol. The maximum atomic E-state index is 4.67. The van der Waals surface area contributed by atoms with Crippen molar-refractivity contribution in [2.45, 2.75) is 19.4 Å². The molecule has 0 amide bonds. The second-order valence-electron chi connectivity index (χ2n) is 5.26. The highest BCUT2D eigenvalue weighted by atomic mass is 14.9. The highest BCUT2D eigenvalue weighted by Gasteiger charge is 1.98. The van der Waals surface area contributed by atoms with Gasteiger partial charge in [-0.25, -0.2) is 0 Å². The third-order valence-electron chi connectivity index (χ3n) is 3.62. The third kappa shape index (κ3) is 3.89. The maximum absolute atomic E-state index is 4.67. The molecule has 1 aromatic heterocycles. The number of rotatable bonds is 6. The first-order chi connectivity index (χ1) is 10.4. The molecule has 0 saturated carbocycles. The molecule has 3 rings (SSSR count). The number of para-hydroxylation sites is 1. The molecule has 0 fully saturated rings. The minimum atomic E-state index is 0.833. The van der Waals surface area contributed by atoms with Crippen LogP contribution in [0.3, 0.4) is 0 Å². The van der Waals surface area contributed by atoms with Crippen molar-refractivity contribution in [3.63, 3.8) is 0 Å². The van der Waals surface area contributed by atoms with Crippen molar-refractivity contribution in [2.75, 3.05) is 6.54 Å². The van der Waals surface area contributed by atoms with Gasteiger partial charge in [0.05, 0.1) is 11.2 Å². The highest BCUT2D eigenvalue weighted by Crippen LogP contribution is 2.11. The Bertz CT molecular complexity index is 692. The van der Waals surface area contributed by atoms with Crippen molar-refractivity contribution in [2.24, 2.45) is 0 Å². The van der Waals surface area contributed by atoms with E-state index in [1.54, 1.807) is 0 Å². The lowest BCUT2D eigenvalue weighted by molar-refractivity contribution is 0.642. The van der Waals surface area contributed by atoms with Crippen molar-refractivity contribution in [1.29, 1.82) is 0 Å². The van der Waals surface area contributed by atoms with Gasteiger partial charge in [-0.2, -0.15) is 0 Å². The molecule has 0 unspecified atom stereocenters. The van der Waals surface area contributed by atoms with Gasteiger partial charge in [-0.1, -0.05) is 54.6 Å². The summed E-state index contributed by atoms with van der Waals surface area (Å²) in [5.41, 5.74) is 3.58. The van der Waals surface area contributed by atoms with E-state index in [1.165, 1.54) is 10.9 Å². The standard InChI is InChI=1S/C19H20N2/c1-2-7-16(8-3-1)9-6-14-20-15-18-13-12-17-10-4-5-11-19(17)21-18/h1-5,7-8,10-13,20H,6,9,14-15H2. The zero-order valence-corrected chi connectivity index (χ0v) is 12.1. The zero-order valence-electron chi connectivity index (χ0n) is 12.1. The predicted molar refractivity (Wildman–Crippen MR) is 88.2 cm³/mol. The van der Waals surface area contributed by atoms with Crippen LogP contribution in [0, 0.1) is 0 Å². The van der Waals surface area contributed by atoms with Crippen LogP contribution in [0.1, 0.15) is 17.7 Å². The first-order valence-corrected chi connectivity index (χ1v) is 7.51. The third-order valence-corrected chi connectivity index (χ3v) is 3.62. The summed E-state index contributed by atoms with van der Waals surface area (Å²) in [6.45, 7) is 1.85. The molecule has 0 saturated heterocycles. The van der Waals surface area contributed by atoms with Gasteiger partial charge in [-0.3, -0.25) is 4.98 Å². The van der Waals surface area contributed by atoms with Crippen molar-refractivity contribution in [3.8, 4) is 0 Å². The lowest BCUT2D eigenvalue weighted by Gasteiger charge is -2.06. The van der Waals surface area contributed by atoms with Gasteiger partial charge in [0.2, 0.25) is 0 Å². The van der Waals surface area contributed by atoms with E-state index in [0.717, 1.165) is 37.1 Å². The number of aryl methyl sites for hydroxylation is 1. The monoisotopic (exact) mass is 276 g/mol. The molecule has 0 aliphatic rings. The van der Waals surface area contributed by atoms with E-state index in [2.05, 4.69) is 64.9 Å². The van der Waals surface area contributed by atoms with Crippen molar-refractivity contribution in [1.82, 2.24) is 10.3 Å². The quantitative estimate of drug-likeness (QED) is 0.689. The van der Waals surface area contributed by atoms with Gasteiger partial charge in [0.15, 0.2) is 0 Å². The number of nitrogens with one attached hydrogen (secondary N) is 1. The molecule has 3 aromatic rings. The van der Waals surface area contributed by atoms with Gasteiger partial charge >= 0.3 is 0 Å². The number of pyridine rings is 1. The SMILES string of the molecule is c1ccc(CCCNCc2ccc3ccccc3n2)cc1. The number of hydrogen-bond acceptors (Lipinski definition) is 2. The van der Waals surface area contributed by atoms with Gasteiger partial charge < -0.3 is 5.32 Å². The van der Waals surface area contributed by atoms with Crippen LogP contribution < -0.4 is 5.32 Å². The summed E-state index contributed by atoms with van der Waals surface area (Å²) in [6, 6.07) is 23.1. The van der Waals surface area contributed by atoms with Crippen LogP contribution in [0.15, 0.2) is 66.7 Å². The van der Waals surface area contributed by atoms with Crippen molar-refractivity contribution in [3.05, 3.63) is 78.0 Å². The summed E-state index contributed by atoms with van der Waals surface area (Å²) in [5, 5.41) is 4.67. The lowest BCUT2D eigenvalue weighted by atomic mass is 10.1. The van der Waals surface area contributed by atoms with Crippen LogP contribution in [0.2, 0.25) is 0 Å². The van der Waals surface area contributed by atoms with E-state index >= 15 is 0 Å². The smallest absolute Gasteiger partial charge is 0.0705 e. The van der Waals surface area contributed by atoms with Gasteiger partial charge in [-0.15, -0.1) is 0 Å². The molecule has 0 radical (unpaired) electrons. The Morgan fingerprint density at radius 3 is 2.52 bits per heavy atom. The molecular weight excluding hydrogens is 256 g/mol. The Morgan fingerprint density at radius 2 is 1.62 bits per heavy atom. The summed E-state index contributed by atoms with van der Waals surface area (Å²) in [7, 11) is 0. The summed E-state index contributed by atoms with van der Waals surface area (Å²) < 4.78 is 0. The number of nitrogens with zero attached hydrogens (tertiary/aromatic N) is 1. The molecule has 106 valence electrons. The van der Waals surface area contributed by atoms with Crippen LogP contribution >= 0.6 is 0 Å². The van der Waals surface area contributed by atoms with Gasteiger partial charge in [0, 0.05) is 11.9 Å². The van der Waals surface area contributed by atoms with E-state index in [-0.39, 0.29) is 0 Å². The largest absolute Gasteiger partial charge is 0.311 e. The van der Waals surface area contributed by atoms with E-state index in [4.69, 9.17) is 0 Å². The lowest BCUT2D eigenvalue weighted by Crippen LogP contribution is -2.16. The topological polar surface area (TPSA) is 24.9 Å². The number of benzene rings is 2. The maximum Gasteiger partial charge on any atom is 0.0705 e. The van der Waals surface area contributed by atoms with Crippen molar-refractivity contribution < 1.29 is 0 Å². The first-order valence-electron chi connectivity index (χ1n) is 7.51. The molecule has 2 heteroatoms. The Balaban J connectivity index is 1.46. The second-order valence-corrected chi connectivity index (χ2v) is 5.26. The van der Waals surface area contributed by atoms with E-state index in [1.807, 2.05) is 12.1 Å². The van der Waals surface area contributed by atoms with Gasteiger partial charge in [0.25, 0.3) is 0 Å². The Hall–Kier alpha value is -2.19. The molecule has 0 aliphatic heterocycles.